The molecule has 6 nitrogen and oxygen atoms in total. The van der Waals surface area contributed by atoms with Crippen LogP contribution in [0.5, 0.6) is 0 Å². The Morgan fingerprint density at radius 2 is 0.647 bits per heavy atom. The van der Waals surface area contributed by atoms with Crippen molar-refractivity contribution in [2.24, 2.45) is 11.8 Å². The largest absolute Gasteiger partial charge is 0.462 e. The second kappa shape index (κ2) is 38.1. The zero-order chi connectivity index (χ0) is 37.6. The quantitative estimate of drug-likeness (QED) is 0.0357. The molecule has 1 atom stereocenters. The van der Waals surface area contributed by atoms with Crippen LogP contribution in [0.25, 0.3) is 0 Å². The minimum Gasteiger partial charge on any atom is -0.462 e. The van der Waals surface area contributed by atoms with E-state index in [1.54, 1.807) is 0 Å². The van der Waals surface area contributed by atoms with Gasteiger partial charge >= 0.3 is 17.9 Å². The van der Waals surface area contributed by atoms with Gasteiger partial charge in [0, 0.05) is 19.3 Å². The molecule has 51 heavy (non-hydrogen) atoms. The molecule has 0 fully saturated rings. The second-order valence-corrected chi connectivity index (χ2v) is 16.3. The van der Waals surface area contributed by atoms with Crippen LogP contribution in [0.15, 0.2) is 0 Å². The fourth-order valence-electron chi connectivity index (χ4n) is 6.58. The summed E-state index contributed by atoms with van der Waals surface area (Å²) in [5.41, 5.74) is 0. The number of ether oxygens (including phenoxy) is 3. The molecule has 0 spiro atoms. The van der Waals surface area contributed by atoms with Crippen LogP contribution in [0.4, 0.5) is 0 Å². The number of esters is 3. The van der Waals surface area contributed by atoms with Crippen molar-refractivity contribution in [2.75, 3.05) is 13.2 Å². The summed E-state index contributed by atoms with van der Waals surface area (Å²) in [5, 5.41) is 0. The van der Waals surface area contributed by atoms with Crippen LogP contribution in [0.2, 0.25) is 0 Å². The molecule has 0 N–H and O–H groups in total. The smallest absolute Gasteiger partial charge is 0.306 e. The number of hydrogen-bond acceptors (Lipinski definition) is 6. The van der Waals surface area contributed by atoms with Crippen molar-refractivity contribution in [1.82, 2.24) is 0 Å². The highest BCUT2D eigenvalue weighted by atomic mass is 16.6. The van der Waals surface area contributed by atoms with Crippen LogP contribution in [-0.4, -0.2) is 37.2 Å². The molecule has 0 aromatic heterocycles. The summed E-state index contributed by atoms with van der Waals surface area (Å²) in [7, 11) is 0. The van der Waals surface area contributed by atoms with E-state index in [1.807, 2.05) is 0 Å². The molecular formula is C45H86O6. The maximum atomic E-state index is 12.5. The van der Waals surface area contributed by atoms with Gasteiger partial charge in [-0.2, -0.15) is 0 Å². The second-order valence-electron chi connectivity index (χ2n) is 16.3. The highest BCUT2D eigenvalue weighted by Crippen LogP contribution is 2.16. The zero-order valence-corrected chi connectivity index (χ0v) is 34.7. The molecule has 0 aromatic rings. The first kappa shape index (κ1) is 49.4. The maximum Gasteiger partial charge on any atom is 0.306 e. The molecule has 0 bridgehead atoms. The first-order chi connectivity index (χ1) is 24.7. The fraction of sp³-hybridized carbons (Fsp3) is 0.933. The van der Waals surface area contributed by atoms with Gasteiger partial charge in [0.15, 0.2) is 6.10 Å². The SMILES string of the molecule is CCCCCCCC(=O)O[C@H](COC(=O)CCCCCCCCCCCCCCCCCCC(C)C)COC(=O)CCCCCCCCC(C)C. The van der Waals surface area contributed by atoms with Crippen molar-refractivity contribution in [3.63, 3.8) is 0 Å². The number of carbonyl (C=O) groups is 3. The van der Waals surface area contributed by atoms with Crippen LogP contribution >= 0.6 is 0 Å². The molecule has 302 valence electrons. The molecule has 6 heteroatoms. The molecule has 0 saturated heterocycles. The highest BCUT2D eigenvalue weighted by Gasteiger charge is 2.19. The predicted molar refractivity (Wildman–Crippen MR) is 215 cm³/mol. The van der Waals surface area contributed by atoms with Crippen molar-refractivity contribution in [3.8, 4) is 0 Å². The number of rotatable bonds is 39. The Kier molecular flexibility index (Phi) is 37.0. The van der Waals surface area contributed by atoms with Gasteiger partial charge in [-0.25, -0.2) is 0 Å². The van der Waals surface area contributed by atoms with Gasteiger partial charge in [0.1, 0.15) is 13.2 Å². The monoisotopic (exact) mass is 723 g/mol. The van der Waals surface area contributed by atoms with Gasteiger partial charge in [-0.1, -0.05) is 202 Å². The lowest BCUT2D eigenvalue weighted by Crippen LogP contribution is -2.30. The Morgan fingerprint density at radius 3 is 0.961 bits per heavy atom. The molecule has 0 aliphatic carbocycles. The Bertz CT molecular complexity index is 779. The summed E-state index contributed by atoms with van der Waals surface area (Å²) in [6.07, 6.45) is 35.7. The maximum absolute atomic E-state index is 12.5. The topological polar surface area (TPSA) is 78.9 Å². The van der Waals surface area contributed by atoms with Gasteiger partial charge in [0.2, 0.25) is 0 Å². The minimum absolute atomic E-state index is 0.0670. The fourth-order valence-corrected chi connectivity index (χ4v) is 6.58. The Balaban J connectivity index is 4.06. The van der Waals surface area contributed by atoms with E-state index in [2.05, 4.69) is 34.6 Å². The van der Waals surface area contributed by atoms with Crippen LogP contribution in [0, 0.1) is 11.8 Å². The number of unbranched alkanes of at least 4 members (excludes halogenated alkanes) is 24. The van der Waals surface area contributed by atoms with E-state index in [0.29, 0.717) is 19.3 Å². The normalized spacial score (nSPS) is 12.1. The van der Waals surface area contributed by atoms with Crippen molar-refractivity contribution in [3.05, 3.63) is 0 Å². The van der Waals surface area contributed by atoms with Gasteiger partial charge in [-0.3, -0.25) is 14.4 Å². The lowest BCUT2D eigenvalue weighted by molar-refractivity contribution is -0.167. The third-order valence-corrected chi connectivity index (χ3v) is 9.97. The average Bonchev–Trinajstić information content (AvgIpc) is 3.09. The summed E-state index contributed by atoms with van der Waals surface area (Å²) in [6, 6.07) is 0. The molecule has 0 unspecified atom stereocenters. The van der Waals surface area contributed by atoms with E-state index in [-0.39, 0.29) is 31.1 Å². The van der Waals surface area contributed by atoms with Crippen LogP contribution < -0.4 is 0 Å². The van der Waals surface area contributed by atoms with Gasteiger partial charge in [-0.05, 0) is 31.1 Å². The molecule has 0 heterocycles. The summed E-state index contributed by atoms with van der Waals surface area (Å²) in [5.74, 6) is 0.739. The van der Waals surface area contributed by atoms with Gasteiger partial charge in [-0.15, -0.1) is 0 Å². The van der Waals surface area contributed by atoms with Crippen molar-refractivity contribution >= 4 is 17.9 Å². The van der Waals surface area contributed by atoms with Gasteiger partial charge in [0.05, 0.1) is 0 Å². The lowest BCUT2D eigenvalue weighted by atomic mass is 10.0. The molecule has 0 aliphatic heterocycles. The lowest BCUT2D eigenvalue weighted by Gasteiger charge is -2.18. The van der Waals surface area contributed by atoms with Gasteiger partial charge in [0.25, 0.3) is 0 Å². The summed E-state index contributed by atoms with van der Waals surface area (Å²) in [4.78, 5) is 37.3. The van der Waals surface area contributed by atoms with E-state index in [1.165, 1.54) is 122 Å². The summed E-state index contributed by atoms with van der Waals surface area (Å²) in [6.45, 7) is 11.2. The predicted octanol–water partition coefficient (Wildman–Crippen LogP) is 13.8. The number of hydrogen-bond donors (Lipinski definition) is 0. The molecule has 0 radical (unpaired) electrons. The molecule has 0 aliphatic rings. The van der Waals surface area contributed by atoms with Crippen molar-refractivity contribution < 1.29 is 28.6 Å². The van der Waals surface area contributed by atoms with E-state index in [0.717, 1.165) is 76.0 Å². The minimum atomic E-state index is -0.758. The molecule has 0 amide bonds. The first-order valence-electron chi connectivity index (χ1n) is 22.2. The van der Waals surface area contributed by atoms with Crippen LogP contribution in [0.3, 0.4) is 0 Å². The molecule has 0 saturated carbocycles. The molecular weight excluding hydrogens is 636 g/mol. The van der Waals surface area contributed by atoms with Crippen LogP contribution in [0.1, 0.15) is 240 Å². The van der Waals surface area contributed by atoms with E-state index < -0.39 is 6.10 Å². The standard InChI is InChI=1S/C45H86O6/c1-6-7-8-23-32-37-45(48)51-42(39-50-44(47)36-31-27-22-21-25-29-34-41(4)5)38-49-43(46)35-30-26-20-18-16-14-12-10-9-11-13-15-17-19-24-28-33-40(2)3/h40-42H,6-39H2,1-5H3/t42-/m1/s1. The van der Waals surface area contributed by atoms with E-state index in [4.69, 9.17) is 14.2 Å². The molecule has 0 aromatic carbocycles. The third-order valence-electron chi connectivity index (χ3n) is 9.97. The van der Waals surface area contributed by atoms with E-state index >= 15 is 0 Å². The summed E-state index contributed by atoms with van der Waals surface area (Å²) >= 11 is 0. The first-order valence-corrected chi connectivity index (χ1v) is 22.2. The Morgan fingerprint density at radius 1 is 0.373 bits per heavy atom. The Labute approximate surface area is 317 Å². The Hall–Kier alpha value is -1.59. The highest BCUT2D eigenvalue weighted by molar-refractivity contribution is 5.71. The van der Waals surface area contributed by atoms with Crippen molar-refractivity contribution in [2.45, 2.75) is 246 Å². The average molecular weight is 723 g/mol. The molecule has 0 rings (SSSR count). The third kappa shape index (κ3) is 39.5. The van der Waals surface area contributed by atoms with Crippen LogP contribution in [-0.2, 0) is 28.6 Å². The zero-order valence-electron chi connectivity index (χ0n) is 34.7. The number of carbonyl (C=O) groups excluding carboxylic acids is 3. The van der Waals surface area contributed by atoms with Crippen molar-refractivity contribution in [1.29, 1.82) is 0 Å². The van der Waals surface area contributed by atoms with Gasteiger partial charge < -0.3 is 14.2 Å². The summed E-state index contributed by atoms with van der Waals surface area (Å²) < 4.78 is 16.6. The van der Waals surface area contributed by atoms with E-state index in [9.17, 15) is 14.4 Å².